The Hall–Kier alpha value is -2.68. The van der Waals surface area contributed by atoms with Crippen LogP contribution in [0.3, 0.4) is 0 Å². The van der Waals surface area contributed by atoms with Gasteiger partial charge in [0.2, 0.25) is 0 Å². The van der Waals surface area contributed by atoms with E-state index in [-0.39, 0.29) is 5.91 Å². The topological polar surface area (TPSA) is 42.0 Å². The van der Waals surface area contributed by atoms with Gasteiger partial charge >= 0.3 is 0 Å². The first-order valence-electron chi connectivity index (χ1n) is 8.35. The number of nitrogens with zero attached hydrogens (tertiary/aromatic N) is 1. The van der Waals surface area contributed by atoms with Crippen molar-refractivity contribution in [2.75, 3.05) is 6.54 Å². The van der Waals surface area contributed by atoms with Gasteiger partial charge in [-0.1, -0.05) is 55.0 Å². The number of pyridine rings is 1. The minimum atomic E-state index is -0.0339. The van der Waals surface area contributed by atoms with E-state index in [1.165, 1.54) is 5.56 Å². The number of aromatic nitrogens is 1. The van der Waals surface area contributed by atoms with Crippen LogP contribution in [0.15, 0.2) is 48.5 Å². The molecule has 3 aromatic rings. The van der Waals surface area contributed by atoms with Crippen LogP contribution in [-0.2, 0) is 0 Å². The summed E-state index contributed by atoms with van der Waals surface area (Å²) in [5, 5.41) is 3.86. The fourth-order valence-corrected chi connectivity index (χ4v) is 2.86. The molecule has 122 valence electrons. The Morgan fingerprint density at radius 3 is 2.54 bits per heavy atom. The highest BCUT2D eigenvalue weighted by atomic mass is 16.1. The summed E-state index contributed by atoms with van der Waals surface area (Å²) >= 11 is 0. The Morgan fingerprint density at radius 2 is 1.83 bits per heavy atom. The van der Waals surface area contributed by atoms with Gasteiger partial charge in [-0.15, -0.1) is 0 Å². The molecule has 1 aromatic heterocycles. The number of fused-ring (bicyclic) bond motifs is 1. The number of carbonyl (C=O) groups is 1. The predicted octanol–water partition coefficient (Wildman–Crippen LogP) is 4.66. The van der Waals surface area contributed by atoms with Crippen molar-refractivity contribution in [1.82, 2.24) is 10.3 Å². The van der Waals surface area contributed by atoms with Crippen molar-refractivity contribution in [3.63, 3.8) is 0 Å². The molecular weight excluding hydrogens is 296 g/mol. The fraction of sp³-hybridized carbons (Fsp3) is 0.238. The molecule has 1 amide bonds. The fourth-order valence-electron chi connectivity index (χ4n) is 2.86. The zero-order valence-corrected chi connectivity index (χ0v) is 14.4. The lowest BCUT2D eigenvalue weighted by Gasteiger charge is -2.12. The third-order valence-corrected chi connectivity index (χ3v) is 4.11. The number of aryl methyl sites for hydroxylation is 2. The van der Waals surface area contributed by atoms with Gasteiger partial charge in [0.25, 0.3) is 5.91 Å². The maximum Gasteiger partial charge on any atom is 0.252 e. The zero-order valence-electron chi connectivity index (χ0n) is 14.4. The smallest absolute Gasteiger partial charge is 0.252 e. The quantitative estimate of drug-likeness (QED) is 0.760. The minimum Gasteiger partial charge on any atom is -0.352 e. The molecule has 0 bridgehead atoms. The summed E-state index contributed by atoms with van der Waals surface area (Å²) in [7, 11) is 0. The van der Waals surface area contributed by atoms with Crippen LogP contribution < -0.4 is 5.32 Å². The normalized spacial score (nSPS) is 10.8. The predicted molar refractivity (Wildman–Crippen MR) is 99.3 cm³/mol. The Bertz CT molecular complexity index is 882. The summed E-state index contributed by atoms with van der Waals surface area (Å²) in [5.41, 5.74) is 5.82. The van der Waals surface area contributed by atoms with E-state index in [4.69, 9.17) is 4.98 Å². The lowest BCUT2D eigenvalue weighted by Crippen LogP contribution is -2.24. The van der Waals surface area contributed by atoms with Crippen molar-refractivity contribution in [3.8, 4) is 11.1 Å². The second-order valence-corrected chi connectivity index (χ2v) is 6.13. The second kappa shape index (κ2) is 6.83. The summed E-state index contributed by atoms with van der Waals surface area (Å²) in [6, 6.07) is 16.3. The van der Waals surface area contributed by atoms with Gasteiger partial charge in [0, 0.05) is 23.2 Å². The molecule has 24 heavy (non-hydrogen) atoms. The number of hydrogen-bond acceptors (Lipinski definition) is 2. The molecule has 3 rings (SSSR count). The summed E-state index contributed by atoms with van der Waals surface area (Å²) < 4.78 is 0. The molecule has 0 aliphatic heterocycles. The number of carbonyl (C=O) groups excluding carboxylic acids is 1. The van der Waals surface area contributed by atoms with E-state index in [1.807, 2.05) is 32.0 Å². The molecule has 1 N–H and O–H groups in total. The lowest BCUT2D eigenvalue weighted by atomic mass is 9.98. The molecule has 3 nitrogen and oxygen atoms in total. The van der Waals surface area contributed by atoms with Crippen LogP contribution >= 0.6 is 0 Å². The van der Waals surface area contributed by atoms with Crippen LogP contribution in [0.25, 0.3) is 22.0 Å². The largest absolute Gasteiger partial charge is 0.352 e. The highest BCUT2D eigenvalue weighted by Gasteiger charge is 2.14. The van der Waals surface area contributed by atoms with E-state index in [0.29, 0.717) is 12.1 Å². The molecule has 0 atom stereocenters. The van der Waals surface area contributed by atoms with Crippen LogP contribution in [0.2, 0.25) is 0 Å². The van der Waals surface area contributed by atoms with E-state index in [2.05, 4.69) is 42.6 Å². The number of benzene rings is 2. The van der Waals surface area contributed by atoms with Gasteiger partial charge in [-0.05, 0) is 31.9 Å². The summed E-state index contributed by atoms with van der Waals surface area (Å²) in [6.45, 7) is 6.73. The summed E-state index contributed by atoms with van der Waals surface area (Å²) in [4.78, 5) is 17.2. The average Bonchev–Trinajstić information content (AvgIpc) is 2.59. The van der Waals surface area contributed by atoms with Gasteiger partial charge in [-0.25, -0.2) is 0 Å². The van der Waals surface area contributed by atoms with E-state index in [0.717, 1.165) is 34.1 Å². The highest BCUT2D eigenvalue weighted by molar-refractivity contribution is 6.09. The van der Waals surface area contributed by atoms with Gasteiger partial charge < -0.3 is 5.32 Å². The first-order chi connectivity index (χ1) is 11.6. The molecule has 3 heteroatoms. The van der Waals surface area contributed by atoms with Crippen molar-refractivity contribution in [3.05, 3.63) is 65.4 Å². The Kier molecular flexibility index (Phi) is 4.61. The van der Waals surface area contributed by atoms with E-state index < -0.39 is 0 Å². The van der Waals surface area contributed by atoms with Gasteiger partial charge in [-0.3, -0.25) is 9.78 Å². The lowest BCUT2D eigenvalue weighted by molar-refractivity contribution is 0.0955. The Morgan fingerprint density at radius 1 is 1.08 bits per heavy atom. The van der Waals surface area contributed by atoms with Gasteiger partial charge in [0.1, 0.15) is 0 Å². The zero-order chi connectivity index (χ0) is 17.1. The molecule has 0 radical (unpaired) electrons. The molecule has 2 aromatic carbocycles. The van der Waals surface area contributed by atoms with Crippen LogP contribution in [0.4, 0.5) is 0 Å². The Labute approximate surface area is 142 Å². The highest BCUT2D eigenvalue weighted by Crippen LogP contribution is 2.29. The molecule has 0 saturated carbocycles. The number of rotatable bonds is 4. The number of nitrogens with one attached hydrogen (secondary N) is 1. The average molecular weight is 318 g/mol. The standard InChI is InChI=1S/C21H22N2O/c1-4-12-22-21(24)19-13-15(3)23-20-17(6-5-7-18(19)20)16-10-8-14(2)9-11-16/h5-11,13H,4,12H2,1-3H3,(H,22,24). The number of amides is 1. The van der Waals surface area contributed by atoms with Crippen molar-refractivity contribution in [1.29, 1.82) is 0 Å². The SMILES string of the molecule is CCCNC(=O)c1cc(C)nc2c(-c3ccc(C)cc3)cccc12. The maximum absolute atomic E-state index is 12.5. The number of hydrogen-bond donors (Lipinski definition) is 1. The van der Waals surface area contributed by atoms with Crippen molar-refractivity contribution in [2.24, 2.45) is 0 Å². The first kappa shape index (κ1) is 16.2. The maximum atomic E-state index is 12.5. The second-order valence-electron chi connectivity index (χ2n) is 6.13. The first-order valence-corrected chi connectivity index (χ1v) is 8.35. The van der Waals surface area contributed by atoms with Crippen LogP contribution in [0, 0.1) is 13.8 Å². The molecule has 0 saturated heterocycles. The van der Waals surface area contributed by atoms with Crippen molar-refractivity contribution < 1.29 is 4.79 Å². The molecule has 0 fully saturated rings. The van der Waals surface area contributed by atoms with Crippen LogP contribution in [-0.4, -0.2) is 17.4 Å². The van der Waals surface area contributed by atoms with E-state index >= 15 is 0 Å². The Balaban J connectivity index is 2.18. The molecule has 0 aliphatic rings. The summed E-state index contributed by atoms with van der Waals surface area (Å²) in [6.07, 6.45) is 0.919. The third-order valence-electron chi connectivity index (χ3n) is 4.11. The monoisotopic (exact) mass is 318 g/mol. The van der Waals surface area contributed by atoms with E-state index in [9.17, 15) is 4.79 Å². The van der Waals surface area contributed by atoms with E-state index in [1.54, 1.807) is 0 Å². The summed E-state index contributed by atoms with van der Waals surface area (Å²) in [5.74, 6) is -0.0339. The van der Waals surface area contributed by atoms with Crippen LogP contribution in [0.1, 0.15) is 35.0 Å². The van der Waals surface area contributed by atoms with Crippen LogP contribution in [0.5, 0.6) is 0 Å². The van der Waals surface area contributed by atoms with Crippen molar-refractivity contribution >= 4 is 16.8 Å². The molecule has 0 unspecified atom stereocenters. The van der Waals surface area contributed by atoms with Crippen molar-refractivity contribution in [2.45, 2.75) is 27.2 Å². The third kappa shape index (κ3) is 3.16. The van der Waals surface area contributed by atoms with Gasteiger partial charge in [0.15, 0.2) is 0 Å². The minimum absolute atomic E-state index is 0.0339. The molecule has 1 heterocycles. The molecule has 0 spiro atoms. The number of para-hydroxylation sites is 1. The molecular formula is C21H22N2O. The van der Waals surface area contributed by atoms with Gasteiger partial charge in [0.05, 0.1) is 11.1 Å². The van der Waals surface area contributed by atoms with Gasteiger partial charge in [-0.2, -0.15) is 0 Å². The molecule has 0 aliphatic carbocycles.